The summed E-state index contributed by atoms with van der Waals surface area (Å²) < 4.78 is 5.05. The maximum Gasteiger partial charge on any atom is 0.409 e. The van der Waals surface area contributed by atoms with Crippen LogP contribution in [-0.4, -0.2) is 55.6 Å². The molecule has 0 unspecified atom stereocenters. The fraction of sp³-hybridized carbons (Fsp3) is 0.571. The second kappa shape index (κ2) is 13.3. The second-order valence-corrected chi connectivity index (χ2v) is 7.37. The molecule has 1 aliphatic rings. The highest BCUT2D eigenvalue weighted by atomic mass is 127. The largest absolute Gasteiger partial charge is 0.450 e. The van der Waals surface area contributed by atoms with Gasteiger partial charge in [-0.3, -0.25) is 9.79 Å². The first-order chi connectivity index (χ1) is 13.9. The van der Waals surface area contributed by atoms with E-state index in [4.69, 9.17) is 4.74 Å². The van der Waals surface area contributed by atoms with Crippen LogP contribution < -0.4 is 16.0 Å². The van der Waals surface area contributed by atoms with Crippen molar-refractivity contribution >= 4 is 47.6 Å². The van der Waals surface area contributed by atoms with E-state index in [1.54, 1.807) is 11.9 Å². The summed E-state index contributed by atoms with van der Waals surface area (Å²) in [7, 11) is 1.74. The summed E-state index contributed by atoms with van der Waals surface area (Å²) in [6.07, 6.45) is 1.47. The number of nitrogens with one attached hydrogen (secondary N) is 3. The van der Waals surface area contributed by atoms with E-state index < -0.39 is 0 Å². The monoisotopic (exact) mass is 531 g/mol. The summed E-state index contributed by atoms with van der Waals surface area (Å²) in [6.45, 7) is 7.93. The number of halogens is 1. The van der Waals surface area contributed by atoms with E-state index in [1.165, 1.54) is 0 Å². The van der Waals surface area contributed by atoms with Crippen LogP contribution in [0.2, 0.25) is 0 Å². The fourth-order valence-electron chi connectivity index (χ4n) is 2.99. The second-order valence-electron chi connectivity index (χ2n) is 7.37. The molecule has 1 fully saturated rings. The molecule has 1 aromatic carbocycles. The van der Waals surface area contributed by atoms with Crippen LogP contribution in [-0.2, 0) is 16.1 Å². The lowest BCUT2D eigenvalue weighted by Crippen LogP contribution is -2.49. The topological polar surface area (TPSA) is 95.1 Å². The average molecular weight is 531 g/mol. The number of hydrogen-bond donors (Lipinski definition) is 3. The molecule has 1 aliphatic heterocycles. The van der Waals surface area contributed by atoms with Crippen LogP contribution in [0.15, 0.2) is 29.3 Å². The normalized spacial score (nSPS) is 14.7. The number of rotatable bonds is 6. The predicted octanol–water partition coefficient (Wildman–Crippen LogP) is 3.19. The summed E-state index contributed by atoms with van der Waals surface area (Å²) in [6, 6.07) is 8.03. The number of aliphatic imine (C=N–C) groups is 1. The van der Waals surface area contributed by atoms with Gasteiger partial charge >= 0.3 is 6.09 Å². The fourth-order valence-corrected chi connectivity index (χ4v) is 2.99. The molecular weight excluding hydrogens is 497 g/mol. The zero-order valence-corrected chi connectivity index (χ0v) is 20.6. The van der Waals surface area contributed by atoms with Crippen LogP contribution in [0.3, 0.4) is 0 Å². The number of carbonyl (C=O) groups excluding carboxylic acids is 2. The molecule has 1 saturated heterocycles. The molecule has 0 spiro atoms. The molecule has 1 heterocycles. The Bertz CT molecular complexity index is 701. The van der Waals surface area contributed by atoms with Crippen LogP contribution in [0.5, 0.6) is 0 Å². The van der Waals surface area contributed by atoms with Crippen molar-refractivity contribution in [3.05, 3.63) is 29.8 Å². The number of ether oxygens (including phenoxy) is 1. The molecule has 0 atom stereocenters. The Morgan fingerprint density at radius 2 is 1.83 bits per heavy atom. The molecular formula is C21H34IN5O3. The van der Waals surface area contributed by atoms with Crippen molar-refractivity contribution < 1.29 is 14.3 Å². The minimum Gasteiger partial charge on any atom is -0.450 e. The van der Waals surface area contributed by atoms with Crippen molar-refractivity contribution in [1.82, 2.24) is 15.5 Å². The Kier molecular flexibility index (Phi) is 11.5. The quantitative estimate of drug-likeness (QED) is 0.298. The standard InChI is InChI=1S/C21H33N5O3.HI/c1-5-29-21(28)26-12-10-18(11-13-26)25-20(22-4)23-14-16-6-8-17(9-7-16)24-19(27)15(2)3;/h6-9,15,18H,5,10-14H2,1-4H3,(H,24,27)(H2,22,23,25);1H. The van der Waals surface area contributed by atoms with Gasteiger partial charge in [0, 0.05) is 44.3 Å². The van der Waals surface area contributed by atoms with E-state index in [-0.39, 0.29) is 47.9 Å². The molecule has 0 aliphatic carbocycles. The van der Waals surface area contributed by atoms with E-state index in [2.05, 4.69) is 20.9 Å². The number of hydrogen-bond acceptors (Lipinski definition) is 4. The lowest BCUT2D eigenvalue weighted by atomic mass is 10.1. The van der Waals surface area contributed by atoms with E-state index in [1.807, 2.05) is 45.0 Å². The first-order valence-corrected chi connectivity index (χ1v) is 10.2. The summed E-state index contributed by atoms with van der Waals surface area (Å²) in [5.41, 5.74) is 1.89. The SMILES string of the molecule is CCOC(=O)N1CCC(NC(=NC)NCc2ccc(NC(=O)C(C)C)cc2)CC1.I. The van der Waals surface area contributed by atoms with Crippen molar-refractivity contribution in [1.29, 1.82) is 0 Å². The number of piperidine rings is 1. The van der Waals surface area contributed by atoms with Gasteiger partial charge in [0.1, 0.15) is 0 Å². The maximum atomic E-state index is 11.8. The molecule has 2 amide bonds. The average Bonchev–Trinajstić information content (AvgIpc) is 2.72. The smallest absolute Gasteiger partial charge is 0.409 e. The predicted molar refractivity (Wildman–Crippen MR) is 130 cm³/mol. The molecule has 168 valence electrons. The Morgan fingerprint density at radius 3 is 2.37 bits per heavy atom. The van der Waals surface area contributed by atoms with E-state index in [0.717, 1.165) is 30.1 Å². The van der Waals surface area contributed by atoms with Crippen LogP contribution in [0.25, 0.3) is 0 Å². The number of nitrogens with zero attached hydrogens (tertiary/aromatic N) is 2. The molecule has 9 heteroatoms. The van der Waals surface area contributed by atoms with Gasteiger partial charge < -0.3 is 25.6 Å². The van der Waals surface area contributed by atoms with Gasteiger partial charge in [-0.15, -0.1) is 24.0 Å². The van der Waals surface area contributed by atoms with Gasteiger partial charge in [0.15, 0.2) is 5.96 Å². The number of guanidine groups is 1. The molecule has 2 rings (SSSR count). The zero-order valence-electron chi connectivity index (χ0n) is 18.2. The third kappa shape index (κ3) is 8.37. The zero-order chi connectivity index (χ0) is 21.2. The molecule has 0 bridgehead atoms. The van der Waals surface area contributed by atoms with Gasteiger partial charge in [-0.1, -0.05) is 26.0 Å². The minimum atomic E-state index is -0.235. The highest BCUT2D eigenvalue weighted by molar-refractivity contribution is 14.0. The maximum absolute atomic E-state index is 11.8. The van der Waals surface area contributed by atoms with Crippen molar-refractivity contribution in [2.75, 3.05) is 32.1 Å². The Hall–Kier alpha value is -2.04. The highest BCUT2D eigenvalue weighted by Gasteiger charge is 2.24. The van der Waals surface area contributed by atoms with Crippen molar-refractivity contribution in [3.63, 3.8) is 0 Å². The van der Waals surface area contributed by atoms with Gasteiger partial charge in [-0.05, 0) is 37.5 Å². The molecule has 1 aromatic rings. The van der Waals surface area contributed by atoms with E-state index >= 15 is 0 Å². The van der Waals surface area contributed by atoms with Crippen LogP contribution in [0, 0.1) is 5.92 Å². The number of amides is 2. The molecule has 8 nitrogen and oxygen atoms in total. The molecule has 3 N–H and O–H groups in total. The summed E-state index contributed by atoms with van der Waals surface area (Å²) in [5.74, 6) is 0.696. The third-order valence-electron chi connectivity index (χ3n) is 4.79. The van der Waals surface area contributed by atoms with Gasteiger partial charge in [0.25, 0.3) is 0 Å². The van der Waals surface area contributed by atoms with E-state index in [9.17, 15) is 9.59 Å². The molecule has 30 heavy (non-hydrogen) atoms. The first-order valence-electron chi connectivity index (χ1n) is 10.2. The van der Waals surface area contributed by atoms with E-state index in [0.29, 0.717) is 26.2 Å². The highest BCUT2D eigenvalue weighted by Crippen LogP contribution is 2.12. The van der Waals surface area contributed by atoms with Gasteiger partial charge in [-0.2, -0.15) is 0 Å². The number of carbonyl (C=O) groups is 2. The Morgan fingerprint density at radius 1 is 1.20 bits per heavy atom. The van der Waals surface area contributed by atoms with Gasteiger partial charge in [-0.25, -0.2) is 4.79 Å². The van der Waals surface area contributed by atoms with Crippen LogP contribution >= 0.6 is 24.0 Å². The number of likely N-dealkylation sites (tertiary alicyclic amines) is 1. The van der Waals surface area contributed by atoms with Gasteiger partial charge in [0.2, 0.25) is 5.91 Å². The summed E-state index contributed by atoms with van der Waals surface area (Å²) >= 11 is 0. The molecule has 0 radical (unpaired) electrons. The van der Waals surface area contributed by atoms with Gasteiger partial charge in [0.05, 0.1) is 6.61 Å². The summed E-state index contributed by atoms with van der Waals surface area (Å²) in [5, 5.41) is 9.62. The minimum absolute atomic E-state index is 0. The lowest BCUT2D eigenvalue weighted by Gasteiger charge is -2.32. The van der Waals surface area contributed by atoms with Crippen molar-refractivity contribution in [3.8, 4) is 0 Å². The van der Waals surface area contributed by atoms with Crippen molar-refractivity contribution in [2.45, 2.75) is 46.2 Å². The number of benzene rings is 1. The van der Waals surface area contributed by atoms with Crippen molar-refractivity contribution in [2.24, 2.45) is 10.9 Å². The lowest BCUT2D eigenvalue weighted by molar-refractivity contribution is -0.118. The summed E-state index contributed by atoms with van der Waals surface area (Å²) in [4.78, 5) is 29.6. The first kappa shape index (κ1) is 26.0. The number of anilines is 1. The van der Waals surface area contributed by atoms with Crippen LogP contribution in [0.1, 0.15) is 39.2 Å². The Labute approximate surface area is 196 Å². The van der Waals surface area contributed by atoms with Crippen LogP contribution in [0.4, 0.5) is 10.5 Å². The molecule has 0 saturated carbocycles. The molecule has 0 aromatic heterocycles. The third-order valence-corrected chi connectivity index (χ3v) is 4.79. The Balaban J connectivity index is 0.00000450.